The fraction of sp³-hybridized carbons (Fsp3) is 0.182. The Bertz CT molecular complexity index is 1010. The minimum absolute atomic E-state index is 0.143. The van der Waals surface area contributed by atoms with Gasteiger partial charge in [0.2, 0.25) is 0 Å². The number of ether oxygens (including phenoxy) is 2. The molecular formula is C22H19BrFNO3S2. The van der Waals surface area contributed by atoms with E-state index in [-0.39, 0.29) is 18.3 Å². The van der Waals surface area contributed by atoms with E-state index in [1.165, 1.54) is 28.8 Å². The minimum atomic E-state index is -0.294. The molecule has 8 heteroatoms. The summed E-state index contributed by atoms with van der Waals surface area (Å²) in [6, 6.07) is 9.79. The SMILES string of the molecule is C=CCN1C(=O)/C(=C\c2cc(Br)c(OCc3ccc(F)cc3)c(OCC)c2)SC1=S. The van der Waals surface area contributed by atoms with Crippen molar-refractivity contribution in [2.24, 2.45) is 0 Å². The lowest BCUT2D eigenvalue weighted by Gasteiger charge is -2.15. The van der Waals surface area contributed by atoms with Gasteiger partial charge < -0.3 is 9.47 Å². The van der Waals surface area contributed by atoms with Crippen LogP contribution >= 0.6 is 39.9 Å². The predicted molar refractivity (Wildman–Crippen MR) is 126 cm³/mol. The van der Waals surface area contributed by atoms with Crippen LogP contribution in [0.25, 0.3) is 6.08 Å². The number of benzene rings is 2. The molecule has 0 bridgehead atoms. The van der Waals surface area contributed by atoms with Crippen LogP contribution in [0.2, 0.25) is 0 Å². The number of nitrogens with zero attached hydrogens (tertiary/aromatic N) is 1. The van der Waals surface area contributed by atoms with E-state index in [0.717, 1.165) is 11.1 Å². The second kappa shape index (κ2) is 10.2. The first-order chi connectivity index (χ1) is 14.4. The van der Waals surface area contributed by atoms with Gasteiger partial charge in [-0.25, -0.2) is 4.39 Å². The summed E-state index contributed by atoms with van der Waals surface area (Å²) >= 11 is 10.1. The Morgan fingerprint density at radius 3 is 2.67 bits per heavy atom. The summed E-state index contributed by atoms with van der Waals surface area (Å²) in [6.45, 7) is 6.63. The van der Waals surface area contributed by atoms with Gasteiger partial charge in [-0.05, 0) is 64.3 Å². The van der Waals surface area contributed by atoms with Crippen molar-refractivity contribution in [3.05, 3.63) is 75.4 Å². The number of amides is 1. The van der Waals surface area contributed by atoms with Crippen LogP contribution in [0.15, 0.2) is 58.4 Å². The number of rotatable bonds is 8. The minimum Gasteiger partial charge on any atom is -0.490 e. The first-order valence-electron chi connectivity index (χ1n) is 9.12. The fourth-order valence-corrected chi connectivity index (χ4v) is 4.60. The van der Waals surface area contributed by atoms with Crippen LogP contribution in [-0.2, 0) is 11.4 Å². The standard InChI is InChI=1S/C22H19BrFNO3S2/c1-3-9-25-21(26)19(30-22(25)29)12-15-10-17(23)20(18(11-15)27-4-2)28-13-14-5-7-16(24)8-6-14/h3,5-8,10-12H,1,4,9,13H2,2H3/b19-12+. The summed E-state index contributed by atoms with van der Waals surface area (Å²) in [5, 5.41) is 0. The second-order valence-corrected chi connectivity index (χ2v) is 8.79. The average Bonchev–Trinajstić information content (AvgIpc) is 2.97. The van der Waals surface area contributed by atoms with Gasteiger partial charge in [-0.3, -0.25) is 9.69 Å². The van der Waals surface area contributed by atoms with Crippen LogP contribution in [-0.4, -0.2) is 28.3 Å². The molecule has 0 radical (unpaired) electrons. The third kappa shape index (κ3) is 5.30. The molecule has 1 heterocycles. The van der Waals surface area contributed by atoms with Crippen LogP contribution < -0.4 is 9.47 Å². The molecule has 3 rings (SSSR count). The topological polar surface area (TPSA) is 38.8 Å². The molecule has 0 spiro atoms. The number of halogens is 2. The van der Waals surface area contributed by atoms with Crippen molar-refractivity contribution in [1.82, 2.24) is 4.90 Å². The molecule has 1 saturated heterocycles. The molecule has 156 valence electrons. The van der Waals surface area contributed by atoms with E-state index in [1.807, 2.05) is 19.1 Å². The molecule has 1 aliphatic heterocycles. The fourth-order valence-electron chi connectivity index (χ4n) is 2.75. The van der Waals surface area contributed by atoms with Gasteiger partial charge in [0.15, 0.2) is 11.5 Å². The molecule has 2 aromatic carbocycles. The number of carbonyl (C=O) groups is 1. The normalized spacial score (nSPS) is 15.0. The second-order valence-electron chi connectivity index (χ2n) is 6.26. The number of thiocarbonyl (C=S) groups is 1. The first kappa shape index (κ1) is 22.5. The quantitative estimate of drug-likeness (QED) is 0.250. The van der Waals surface area contributed by atoms with E-state index in [9.17, 15) is 9.18 Å². The average molecular weight is 508 g/mol. The molecule has 0 N–H and O–H groups in total. The number of carbonyl (C=O) groups excluding carboxylic acids is 1. The molecule has 0 aromatic heterocycles. The zero-order valence-electron chi connectivity index (χ0n) is 16.2. The zero-order chi connectivity index (χ0) is 21.7. The van der Waals surface area contributed by atoms with Crippen molar-refractivity contribution >= 4 is 56.2 Å². The Morgan fingerprint density at radius 2 is 2.00 bits per heavy atom. The highest BCUT2D eigenvalue weighted by atomic mass is 79.9. The van der Waals surface area contributed by atoms with Gasteiger partial charge >= 0.3 is 0 Å². The molecular weight excluding hydrogens is 489 g/mol. The maximum absolute atomic E-state index is 13.1. The molecule has 1 aliphatic rings. The maximum Gasteiger partial charge on any atom is 0.266 e. The van der Waals surface area contributed by atoms with E-state index in [4.69, 9.17) is 21.7 Å². The van der Waals surface area contributed by atoms with Crippen molar-refractivity contribution in [1.29, 1.82) is 0 Å². The van der Waals surface area contributed by atoms with Gasteiger partial charge in [0.1, 0.15) is 16.7 Å². The van der Waals surface area contributed by atoms with Gasteiger partial charge in [-0.1, -0.05) is 42.2 Å². The van der Waals surface area contributed by atoms with Crippen LogP contribution in [0.4, 0.5) is 4.39 Å². The summed E-state index contributed by atoms with van der Waals surface area (Å²) in [4.78, 5) is 14.6. The molecule has 0 unspecified atom stereocenters. The number of thioether (sulfide) groups is 1. The van der Waals surface area contributed by atoms with Gasteiger partial charge in [-0.15, -0.1) is 6.58 Å². The van der Waals surface area contributed by atoms with E-state index in [2.05, 4.69) is 22.5 Å². The van der Waals surface area contributed by atoms with Gasteiger partial charge in [-0.2, -0.15) is 0 Å². The van der Waals surface area contributed by atoms with E-state index < -0.39 is 0 Å². The summed E-state index contributed by atoms with van der Waals surface area (Å²) < 4.78 is 26.0. The summed E-state index contributed by atoms with van der Waals surface area (Å²) in [5.41, 5.74) is 1.61. The van der Waals surface area contributed by atoms with Gasteiger partial charge in [0.25, 0.3) is 5.91 Å². The van der Waals surface area contributed by atoms with Crippen molar-refractivity contribution in [2.75, 3.05) is 13.2 Å². The van der Waals surface area contributed by atoms with E-state index in [0.29, 0.717) is 38.3 Å². The predicted octanol–water partition coefficient (Wildman–Crippen LogP) is 5.95. The Labute approximate surface area is 192 Å². The summed E-state index contributed by atoms with van der Waals surface area (Å²) in [6.07, 6.45) is 3.42. The monoisotopic (exact) mass is 507 g/mol. The molecule has 1 amide bonds. The zero-order valence-corrected chi connectivity index (χ0v) is 19.4. The molecule has 2 aromatic rings. The number of hydrogen-bond acceptors (Lipinski definition) is 5. The summed E-state index contributed by atoms with van der Waals surface area (Å²) in [5.74, 6) is 0.646. The Kier molecular flexibility index (Phi) is 7.69. The lowest BCUT2D eigenvalue weighted by atomic mass is 10.1. The molecule has 30 heavy (non-hydrogen) atoms. The van der Waals surface area contributed by atoms with Crippen LogP contribution in [0.3, 0.4) is 0 Å². The molecule has 1 fully saturated rings. The third-order valence-electron chi connectivity index (χ3n) is 4.11. The van der Waals surface area contributed by atoms with E-state index in [1.54, 1.807) is 24.3 Å². The lowest BCUT2D eigenvalue weighted by Crippen LogP contribution is -2.27. The van der Waals surface area contributed by atoms with Gasteiger partial charge in [0, 0.05) is 6.54 Å². The maximum atomic E-state index is 13.1. The Morgan fingerprint density at radius 1 is 1.27 bits per heavy atom. The largest absolute Gasteiger partial charge is 0.490 e. The summed E-state index contributed by atoms with van der Waals surface area (Å²) in [7, 11) is 0. The highest BCUT2D eigenvalue weighted by Crippen LogP contribution is 2.39. The molecule has 0 saturated carbocycles. The molecule has 0 atom stereocenters. The van der Waals surface area contributed by atoms with Crippen LogP contribution in [0.5, 0.6) is 11.5 Å². The van der Waals surface area contributed by atoms with E-state index >= 15 is 0 Å². The highest BCUT2D eigenvalue weighted by Gasteiger charge is 2.31. The third-order valence-corrected chi connectivity index (χ3v) is 6.08. The number of hydrogen-bond donors (Lipinski definition) is 0. The molecule has 4 nitrogen and oxygen atoms in total. The Hall–Kier alpha value is -2.16. The highest BCUT2D eigenvalue weighted by molar-refractivity contribution is 9.10. The van der Waals surface area contributed by atoms with Crippen molar-refractivity contribution in [2.45, 2.75) is 13.5 Å². The van der Waals surface area contributed by atoms with Crippen molar-refractivity contribution in [3.8, 4) is 11.5 Å². The van der Waals surface area contributed by atoms with Crippen LogP contribution in [0, 0.1) is 5.82 Å². The van der Waals surface area contributed by atoms with Crippen LogP contribution in [0.1, 0.15) is 18.1 Å². The van der Waals surface area contributed by atoms with Crippen molar-refractivity contribution in [3.63, 3.8) is 0 Å². The Balaban J connectivity index is 1.85. The lowest BCUT2D eigenvalue weighted by molar-refractivity contribution is -0.121. The molecule has 0 aliphatic carbocycles. The smallest absolute Gasteiger partial charge is 0.266 e. The first-order valence-corrected chi connectivity index (χ1v) is 11.1. The van der Waals surface area contributed by atoms with Gasteiger partial charge in [0.05, 0.1) is 16.0 Å². The van der Waals surface area contributed by atoms with Crippen molar-refractivity contribution < 1.29 is 18.7 Å².